The Hall–Kier alpha value is -4.72. The minimum atomic E-state index is -0.619. The Morgan fingerprint density at radius 1 is 0.796 bits per heavy atom. The number of aromatic nitrogens is 6. The van der Waals surface area contributed by atoms with Crippen molar-refractivity contribution in [2.75, 3.05) is 13.2 Å². The summed E-state index contributed by atoms with van der Waals surface area (Å²) in [4.78, 5) is 31.6. The fourth-order valence-electron chi connectivity index (χ4n) is 4.80. The summed E-state index contributed by atoms with van der Waals surface area (Å²) in [5.74, 6) is -1.95. The summed E-state index contributed by atoms with van der Waals surface area (Å²) in [6.07, 6.45) is 5.80. The van der Waals surface area contributed by atoms with Crippen LogP contribution in [0.1, 0.15) is 51.4 Å². The van der Waals surface area contributed by atoms with Gasteiger partial charge in [0, 0.05) is 35.6 Å². The number of pyridine rings is 2. The minimum absolute atomic E-state index is 0.0376. The van der Waals surface area contributed by atoms with E-state index in [9.17, 15) is 18.4 Å². The summed E-state index contributed by atoms with van der Waals surface area (Å²) in [5.41, 5.74) is 2.21. The van der Waals surface area contributed by atoms with Gasteiger partial charge in [0.2, 0.25) is 0 Å². The molecule has 0 spiro atoms. The first kappa shape index (κ1) is 35.6. The van der Waals surface area contributed by atoms with Crippen molar-refractivity contribution in [3.8, 4) is 6.07 Å². The third-order valence-electron chi connectivity index (χ3n) is 6.79. The van der Waals surface area contributed by atoms with Gasteiger partial charge in [-0.1, -0.05) is 23.2 Å². The first-order valence-electron chi connectivity index (χ1n) is 14.5. The number of carbonyl (C=O) groups excluding carboxylic acids is 2. The van der Waals surface area contributed by atoms with Gasteiger partial charge in [-0.25, -0.2) is 18.4 Å². The monoisotopic (exact) mass is 817 g/mol. The van der Waals surface area contributed by atoms with Gasteiger partial charge in [-0.15, -0.1) is 0 Å². The molecule has 0 fully saturated rings. The molecule has 0 saturated heterocycles. The third kappa shape index (κ3) is 8.48. The van der Waals surface area contributed by atoms with Gasteiger partial charge in [0.1, 0.15) is 43.6 Å². The second kappa shape index (κ2) is 15.7. The van der Waals surface area contributed by atoms with Crippen LogP contribution in [0, 0.1) is 26.7 Å². The number of ether oxygens (including phenoxy) is 2. The van der Waals surface area contributed by atoms with Crippen molar-refractivity contribution >= 4 is 79.5 Å². The Balaban J connectivity index is 0.000000191. The lowest BCUT2D eigenvalue weighted by Gasteiger charge is -2.05. The Labute approximate surface area is 301 Å². The van der Waals surface area contributed by atoms with Crippen LogP contribution in [0.5, 0.6) is 0 Å². The molecule has 0 aliphatic rings. The van der Waals surface area contributed by atoms with Crippen molar-refractivity contribution < 1.29 is 27.8 Å². The van der Waals surface area contributed by atoms with E-state index in [1.165, 1.54) is 35.4 Å². The average Bonchev–Trinajstić information content (AvgIpc) is 3.63. The zero-order valence-corrected chi connectivity index (χ0v) is 29.4. The molecule has 11 nitrogen and oxygen atoms in total. The van der Waals surface area contributed by atoms with Crippen LogP contribution in [-0.4, -0.2) is 54.7 Å². The molecule has 4 heterocycles. The second-order valence-electron chi connectivity index (χ2n) is 10.3. The lowest BCUT2D eigenvalue weighted by molar-refractivity contribution is 0.0516. The smallest absolute Gasteiger partial charge is 0.342 e. The highest BCUT2D eigenvalue weighted by Crippen LogP contribution is 2.24. The molecule has 4 aromatic heterocycles. The van der Waals surface area contributed by atoms with Crippen molar-refractivity contribution in [1.82, 2.24) is 29.5 Å². The number of nitrogens with zero attached hydrogens (tertiary/aromatic N) is 7. The third-order valence-corrected chi connectivity index (χ3v) is 8.00. The summed E-state index contributed by atoms with van der Waals surface area (Å²) in [7, 11) is 0. The van der Waals surface area contributed by atoms with E-state index < -0.39 is 23.6 Å². The quantitative estimate of drug-likeness (QED) is 0.114. The zero-order chi connectivity index (χ0) is 35.2. The van der Waals surface area contributed by atoms with E-state index in [4.69, 9.17) is 37.9 Å². The lowest BCUT2D eigenvalue weighted by Crippen LogP contribution is -2.05. The SMILES string of the molecule is CCOC(=O)c1cn(Cc2cc(F)c3ncc(Cl)cc3c2)nc1C#N.CCOC(=O)c1cn(Cc2cc(F)c3ncc(Cl)cc3c2)nc1I. The molecule has 250 valence electrons. The Morgan fingerprint density at radius 3 is 1.76 bits per heavy atom. The molecule has 0 radical (unpaired) electrons. The Kier molecular flexibility index (Phi) is 11.4. The fourth-order valence-corrected chi connectivity index (χ4v) is 5.77. The first-order valence-corrected chi connectivity index (χ1v) is 16.3. The number of esters is 2. The topological polar surface area (TPSA) is 138 Å². The number of rotatable bonds is 8. The summed E-state index contributed by atoms with van der Waals surface area (Å²) >= 11 is 13.8. The highest BCUT2D eigenvalue weighted by Gasteiger charge is 2.19. The van der Waals surface area contributed by atoms with Crippen LogP contribution in [0.2, 0.25) is 10.0 Å². The summed E-state index contributed by atoms with van der Waals surface area (Å²) in [6.45, 7) is 4.39. The van der Waals surface area contributed by atoms with Gasteiger partial charge >= 0.3 is 11.9 Å². The number of hydrogen-bond donors (Lipinski definition) is 0. The van der Waals surface area contributed by atoms with Crippen molar-refractivity contribution in [1.29, 1.82) is 5.26 Å². The van der Waals surface area contributed by atoms with E-state index in [1.807, 2.05) is 28.7 Å². The summed E-state index contributed by atoms with van der Waals surface area (Å²) in [6, 6.07) is 11.4. The Morgan fingerprint density at radius 2 is 1.27 bits per heavy atom. The highest BCUT2D eigenvalue weighted by atomic mass is 127. The van der Waals surface area contributed by atoms with E-state index in [2.05, 4.69) is 20.2 Å². The van der Waals surface area contributed by atoms with E-state index in [0.29, 0.717) is 54.4 Å². The molecule has 0 unspecified atom stereocenters. The summed E-state index contributed by atoms with van der Waals surface area (Å²) < 4.78 is 41.8. The van der Waals surface area contributed by atoms with Crippen molar-refractivity contribution in [2.24, 2.45) is 0 Å². The molecule has 49 heavy (non-hydrogen) atoms. The van der Waals surface area contributed by atoms with E-state index >= 15 is 0 Å². The van der Waals surface area contributed by atoms with Gasteiger partial charge in [-0.05, 0) is 84.0 Å². The van der Waals surface area contributed by atoms with Crippen LogP contribution in [0.15, 0.2) is 61.2 Å². The highest BCUT2D eigenvalue weighted by molar-refractivity contribution is 14.1. The molecule has 2 aromatic carbocycles. The van der Waals surface area contributed by atoms with E-state index in [-0.39, 0.29) is 35.4 Å². The average molecular weight is 818 g/mol. The molecule has 0 atom stereocenters. The van der Waals surface area contributed by atoms with Crippen LogP contribution in [0.25, 0.3) is 21.8 Å². The molecule has 0 aliphatic heterocycles. The standard InChI is InChI=1S/C17H12ClFN4O2.C16H12ClFIN3O2/c1-2-25-17(24)13-9-23(22-15(13)6-20)8-10-3-11-5-12(18)7-21-16(11)14(19)4-10;1-2-24-16(23)12-8-22(21-15(12)19)7-9-3-10-5-11(17)6-20-14(10)13(18)4-9/h3-5,7,9H,2,8H2,1H3;3-6,8H,2,7H2,1H3. The number of hydrogen-bond acceptors (Lipinski definition) is 9. The van der Waals surface area contributed by atoms with Gasteiger partial charge in [-0.2, -0.15) is 15.5 Å². The maximum atomic E-state index is 14.2. The van der Waals surface area contributed by atoms with Gasteiger partial charge in [-0.3, -0.25) is 19.3 Å². The van der Waals surface area contributed by atoms with Gasteiger partial charge < -0.3 is 9.47 Å². The molecule has 0 bridgehead atoms. The molecule has 0 amide bonds. The van der Waals surface area contributed by atoms with Crippen LogP contribution in [0.3, 0.4) is 0 Å². The maximum Gasteiger partial charge on any atom is 0.342 e. The second-order valence-corrected chi connectivity index (χ2v) is 12.2. The lowest BCUT2D eigenvalue weighted by atomic mass is 10.1. The van der Waals surface area contributed by atoms with Crippen LogP contribution in [0.4, 0.5) is 8.78 Å². The molecule has 0 saturated carbocycles. The Bertz CT molecular complexity index is 2250. The van der Waals surface area contributed by atoms with Gasteiger partial charge in [0.25, 0.3) is 0 Å². The molecule has 0 N–H and O–H groups in total. The van der Waals surface area contributed by atoms with Crippen molar-refractivity contribution in [3.05, 3.63) is 115 Å². The van der Waals surface area contributed by atoms with E-state index in [1.54, 1.807) is 49.0 Å². The largest absolute Gasteiger partial charge is 0.462 e. The number of halogens is 5. The number of nitriles is 1. The predicted molar refractivity (Wildman–Crippen MR) is 185 cm³/mol. The predicted octanol–water partition coefficient (Wildman–Crippen LogP) is 7.37. The molecule has 6 rings (SSSR count). The van der Waals surface area contributed by atoms with Gasteiger partial charge in [0.15, 0.2) is 5.69 Å². The van der Waals surface area contributed by atoms with E-state index in [0.717, 1.165) is 0 Å². The maximum absolute atomic E-state index is 14.2. The normalized spacial score (nSPS) is 10.8. The number of benzene rings is 2. The molecule has 0 aliphatic carbocycles. The van der Waals surface area contributed by atoms with Crippen molar-refractivity contribution in [3.63, 3.8) is 0 Å². The molecular weight excluding hydrogens is 794 g/mol. The number of fused-ring (bicyclic) bond motifs is 2. The number of carbonyl (C=O) groups is 2. The van der Waals surface area contributed by atoms with Crippen LogP contribution in [-0.2, 0) is 22.6 Å². The summed E-state index contributed by atoms with van der Waals surface area (Å²) in [5, 5.41) is 19.5. The fraction of sp³-hybridized carbons (Fsp3) is 0.182. The van der Waals surface area contributed by atoms with Crippen LogP contribution < -0.4 is 0 Å². The molecule has 6 aromatic rings. The molecule has 16 heteroatoms. The zero-order valence-electron chi connectivity index (χ0n) is 25.8. The minimum Gasteiger partial charge on any atom is -0.462 e. The molecular formula is C33H24Cl2F2IN7O4. The van der Waals surface area contributed by atoms with Gasteiger partial charge in [0.05, 0.1) is 36.3 Å². The first-order chi connectivity index (χ1) is 23.5. The van der Waals surface area contributed by atoms with Crippen molar-refractivity contribution in [2.45, 2.75) is 26.9 Å². The van der Waals surface area contributed by atoms with Crippen LogP contribution >= 0.6 is 45.8 Å².